The van der Waals surface area contributed by atoms with Crippen LogP contribution < -0.4 is 5.56 Å². The summed E-state index contributed by atoms with van der Waals surface area (Å²) < 4.78 is 7.14. The first kappa shape index (κ1) is 22.4. The maximum Gasteiger partial charge on any atom is 0.327 e. The van der Waals surface area contributed by atoms with E-state index in [1.54, 1.807) is 18.7 Å². The van der Waals surface area contributed by atoms with Crippen LogP contribution in [0.4, 0.5) is 0 Å². The van der Waals surface area contributed by atoms with Crippen LogP contribution >= 0.6 is 11.8 Å². The van der Waals surface area contributed by atoms with Crippen molar-refractivity contribution in [3.05, 3.63) is 89.2 Å². The highest BCUT2D eigenvalue weighted by Gasteiger charge is 2.38. The number of H-pyrrole nitrogens is 1. The predicted octanol–water partition coefficient (Wildman–Crippen LogP) is 5.34. The Kier molecular flexibility index (Phi) is 5.69. The van der Waals surface area contributed by atoms with Gasteiger partial charge in [-0.15, -0.1) is 11.8 Å². The summed E-state index contributed by atoms with van der Waals surface area (Å²) in [5.74, 6) is 0.268. The molecule has 3 aromatic heterocycles. The van der Waals surface area contributed by atoms with Gasteiger partial charge in [-0.25, -0.2) is 9.78 Å². The minimum atomic E-state index is -0.971. The highest BCUT2D eigenvalue weighted by atomic mass is 32.2. The van der Waals surface area contributed by atoms with Crippen molar-refractivity contribution >= 4 is 28.5 Å². The van der Waals surface area contributed by atoms with Gasteiger partial charge >= 0.3 is 5.97 Å². The number of hydrogen-bond donors (Lipinski definition) is 2. The van der Waals surface area contributed by atoms with Crippen LogP contribution in [0.25, 0.3) is 33.4 Å². The standard InChI is InChI=1S/C24H18N2O4S.C3H4N2/c27-21-10-17(22(14-6-7-14)23-26(21)19(12-31-23)24(28)29)20-11-18(25-30-20)16-8-5-13-3-1-2-4-15(13)9-16;1-2-5-3-4-1/h1-5,8-11,14,19H,6-7,12H2,(H,28,29);1-3H,(H,4,5). The molecule has 2 N–H and O–H groups in total. The van der Waals surface area contributed by atoms with Crippen LogP contribution in [0.2, 0.25) is 0 Å². The molecule has 2 aromatic carbocycles. The SMILES string of the molecule is O=C(O)C1CSc2c(C3CC3)c(-c3cc(-c4ccc5ccccc5c4)no3)cc(=O)n21.c1c[nH]cn1. The van der Waals surface area contributed by atoms with Crippen molar-refractivity contribution in [1.82, 2.24) is 19.7 Å². The van der Waals surface area contributed by atoms with Crippen molar-refractivity contribution in [2.45, 2.75) is 29.8 Å². The number of aromatic amines is 1. The number of pyridine rings is 1. The third-order valence-corrected chi connectivity index (χ3v) is 7.60. The zero-order valence-corrected chi connectivity index (χ0v) is 19.9. The van der Waals surface area contributed by atoms with E-state index in [4.69, 9.17) is 4.52 Å². The maximum absolute atomic E-state index is 12.9. The average Bonchev–Trinajstić information content (AvgIpc) is 3.32. The number of nitrogens with zero attached hydrogens (tertiary/aromatic N) is 3. The van der Waals surface area contributed by atoms with E-state index >= 15 is 0 Å². The first-order valence-electron chi connectivity index (χ1n) is 11.6. The molecule has 1 aliphatic heterocycles. The highest BCUT2D eigenvalue weighted by molar-refractivity contribution is 7.99. The molecule has 0 spiro atoms. The number of benzene rings is 2. The second-order valence-electron chi connectivity index (χ2n) is 8.82. The highest BCUT2D eigenvalue weighted by Crippen LogP contribution is 2.50. The van der Waals surface area contributed by atoms with Crippen molar-refractivity contribution in [3.8, 4) is 22.6 Å². The second-order valence-corrected chi connectivity index (χ2v) is 9.83. The molecule has 0 bridgehead atoms. The van der Waals surface area contributed by atoms with Crippen molar-refractivity contribution in [3.63, 3.8) is 0 Å². The fourth-order valence-electron chi connectivity index (χ4n) is 4.54. The van der Waals surface area contributed by atoms with Crippen molar-refractivity contribution in [1.29, 1.82) is 0 Å². The molecule has 9 heteroatoms. The third-order valence-electron chi connectivity index (χ3n) is 6.43. The fraction of sp³-hybridized carbons (Fsp3) is 0.185. The summed E-state index contributed by atoms with van der Waals surface area (Å²) in [5, 5.41) is 16.8. The van der Waals surface area contributed by atoms with Crippen molar-refractivity contribution < 1.29 is 14.4 Å². The Labute approximate surface area is 210 Å². The number of aromatic nitrogens is 4. The Morgan fingerprint density at radius 2 is 1.94 bits per heavy atom. The second kappa shape index (κ2) is 9.16. The third kappa shape index (κ3) is 4.11. The quantitative estimate of drug-likeness (QED) is 0.344. The molecule has 8 nitrogen and oxygen atoms in total. The van der Waals surface area contributed by atoms with E-state index in [0.29, 0.717) is 23.1 Å². The molecular formula is C27H22N4O4S. The van der Waals surface area contributed by atoms with Gasteiger partial charge in [-0.2, -0.15) is 0 Å². The first-order chi connectivity index (χ1) is 17.6. The monoisotopic (exact) mass is 498 g/mol. The van der Waals surface area contributed by atoms with Crippen LogP contribution in [0.1, 0.15) is 30.4 Å². The Hall–Kier alpha value is -4.11. The lowest BCUT2D eigenvalue weighted by molar-refractivity contribution is -0.140. The molecule has 36 heavy (non-hydrogen) atoms. The van der Waals surface area contributed by atoms with Crippen molar-refractivity contribution in [2.75, 3.05) is 5.75 Å². The Morgan fingerprint density at radius 1 is 1.11 bits per heavy atom. The average molecular weight is 499 g/mol. The number of aliphatic carboxylic acids is 1. The molecule has 0 radical (unpaired) electrons. The number of fused-ring (bicyclic) bond motifs is 2. The summed E-state index contributed by atoms with van der Waals surface area (Å²) in [6, 6.07) is 16.8. The molecular weight excluding hydrogens is 476 g/mol. The van der Waals surface area contributed by atoms with Gasteiger partial charge in [0.2, 0.25) is 0 Å². The number of carboxylic acids is 1. The number of nitrogens with one attached hydrogen (secondary N) is 1. The summed E-state index contributed by atoms with van der Waals surface area (Å²) in [6.45, 7) is 0. The van der Waals surface area contributed by atoms with E-state index in [1.807, 2.05) is 24.3 Å². The minimum Gasteiger partial charge on any atom is -0.480 e. The lowest BCUT2D eigenvalue weighted by Gasteiger charge is -2.14. The van der Waals surface area contributed by atoms with Crippen LogP contribution in [0, 0.1) is 0 Å². The summed E-state index contributed by atoms with van der Waals surface area (Å²) >= 11 is 1.45. The molecule has 0 amide bonds. The lowest BCUT2D eigenvalue weighted by Crippen LogP contribution is -2.29. The zero-order valence-electron chi connectivity index (χ0n) is 19.1. The molecule has 0 saturated heterocycles. The normalized spacial score (nSPS) is 16.4. The molecule has 1 fully saturated rings. The van der Waals surface area contributed by atoms with Crippen molar-refractivity contribution in [2.24, 2.45) is 0 Å². The molecule has 1 atom stereocenters. The van der Waals surface area contributed by atoms with Gasteiger partial charge in [-0.3, -0.25) is 9.36 Å². The van der Waals surface area contributed by atoms with Crippen LogP contribution in [0.15, 0.2) is 87.7 Å². The van der Waals surface area contributed by atoms with E-state index in [0.717, 1.165) is 45.3 Å². The molecule has 1 saturated carbocycles. The lowest BCUT2D eigenvalue weighted by atomic mass is 10.0. The number of carbonyl (C=O) groups is 1. The predicted molar refractivity (Wildman–Crippen MR) is 137 cm³/mol. The summed E-state index contributed by atoms with van der Waals surface area (Å²) in [6.07, 6.45) is 7.14. The first-order valence-corrected chi connectivity index (χ1v) is 12.6. The largest absolute Gasteiger partial charge is 0.480 e. The van der Waals surface area contributed by atoms with Gasteiger partial charge < -0.3 is 14.6 Å². The molecule has 1 unspecified atom stereocenters. The number of carboxylic acid groups (broad SMARTS) is 1. The Morgan fingerprint density at radius 3 is 2.64 bits per heavy atom. The molecule has 5 aromatic rings. The van der Waals surface area contributed by atoms with Gasteiger partial charge in [0.1, 0.15) is 11.7 Å². The van der Waals surface area contributed by atoms with Gasteiger partial charge in [0.25, 0.3) is 5.56 Å². The van der Waals surface area contributed by atoms with Gasteiger partial charge in [0, 0.05) is 41.4 Å². The van der Waals surface area contributed by atoms with Gasteiger partial charge in [0.05, 0.1) is 11.4 Å². The van der Waals surface area contributed by atoms with E-state index in [9.17, 15) is 14.7 Å². The molecule has 4 heterocycles. The van der Waals surface area contributed by atoms with E-state index in [-0.39, 0.29) is 5.56 Å². The zero-order chi connectivity index (χ0) is 24.6. The summed E-state index contributed by atoms with van der Waals surface area (Å²) in [4.78, 5) is 30.9. The Bertz CT molecular complexity index is 1600. The number of hydrogen-bond acceptors (Lipinski definition) is 6. The smallest absolute Gasteiger partial charge is 0.327 e. The van der Waals surface area contributed by atoms with Crippen LogP contribution in [0.3, 0.4) is 0 Å². The summed E-state index contributed by atoms with van der Waals surface area (Å²) in [5.41, 5.74) is 3.10. The maximum atomic E-state index is 12.9. The molecule has 7 rings (SSSR count). The number of rotatable bonds is 4. The minimum absolute atomic E-state index is 0.310. The van der Waals surface area contributed by atoms with Gasteiger partial charge in [-0.1, -0.05) is 41.6 Å². The Balaban J connectivity index is 0.000000431. The van der Waals surface area contributed by atoms with Gasteiger partial charge in [-0.05, 0) is 41.2 Å². The topological polar surface area (TPSA) is 114 Å². The van der Waals surface area contributed by atoms with E-state index in [2.05, 4.69) is 39.4 Å². The van der Waals surface area contributed by atoms with Crippen LogP contribution in [-0.4, -0.2) is 36.5 Å². The molecule has 2 aliphatic rings. The number of imidazole rings is 1. The van der Waals surface area contributed by atoms with Gasteiger partial charge in [0.15, 0.2) is 5.76 Å². The van der Waals surface area contributed by atoms with Crippen LogP contribution in [-0.2, 0) is 4.79 Å². The van der Waals surface area contributed by atoms with E-state index in [1.165, 1.54) is 22.4 Å². The van der Waals surface area contributed by atoms with Crippen LogP contribution in [0.5, 0.6) is 0 Å². The number of thioether (sulfide) groups is 1. The van der Waals surface area contributed by atoms with E-state index < -0.39 is 12.0 Å². The summed E-state index contributed by atoms with van der Waals surface area (Å²) in [7, 11) is 0. The fourth-order valence-corrected chi connectivity index (χ4v) is 5.94. The molecule has 180 valence electrons. The molecule has 1 aliphatic carbocycles.